The number of alkyl halides is 2. The predicted molar refractivity (Wildman–Crippen MR) is 143 cm³/mol. The molecular weight excluding hydrogens is 519 g/mol. The van der Waals surface area contributed by atoms with Crippen LogP contribution in [0.2, 0.25) is 5.02 Å². The van der Waals surface area contributed by atoms with Crippen LogP contribution in [0.15, 0.2) is 42.6 Å². The summed E-state index contributed by atoms with van der Waals surface area (Å²) in [5.74, 6) is -1.76. The fourth-order valence-electron chi connectivity index (χ4n) is 5.69. The second-order valence-electron chi connectivity index (χ2n) is 10.7. The Balaban J connectivity index is 1.23. The third-order valence-electron chi connectivity index (χ3n) is 7.29. The molecular formula is C26H27ClF2N5O2P. The van der Waals surface area contributed by atoms with Crippen molar-refractivity contribution in [2.75, 3.05) is 42.0 Å². The van der Waals surface area contributed by atoms with Crippen molar-refractivity contribution in [3.05, 3.63) is 58.7 Å². The van der Waals surface area contributed by atoms with Gasteiger partial charge in [0.25, 0.3) is 0 Å². The number of nitrogens with zero attached hydrogens (tertiary/aromatic N) is 3. The summed E-state index contributed by atoms with van der Waals surface area (Å²) in [6, 6.07) is 11.3. The van der Waals surface area contributed by atoms with E-state index in [1.54, 1.807) is 13.3 Å². The molecule has 0 atom stereocenters. The standard InChI is InChI=1S/C26H27ClF2N5O2P/c1-37(2,35)22-6-4-3-5-20(22)31-23-18(27)9-30-24(33-23)32-19-7-8-21(17-11-36-10-16(17)19)34-14-25(15-34)12-26(28,29)13-25/h3-9H,10-15H2,1-2H3,(H2,30,31,32,33). The first kappa shape index (κ1) is 24.6. The van der Waals surface area contributed by atoms with Gasteiger partial charge in [0.1, 0.15) is 12.2 Å². The molecule has 1 aromatic heterocycles. The Morgan fingerprint density at radius 2 is 1.76 bits per heavy atom. The van der Waals surface area contributed by atoms with E-state index < -0.39 is 13.1 Å². The second-order valence-corrected chi connectivity index (χ2v) is 14.2. The highest BCUT2D eigenvalue weighted by molar-refractivity contribution is 7.70. The molecule has 0 unspecified atom stereocenters. The number of benzene rings is 2. The molecule has 0 amide bonds. The summed E-state index contributed by atoms with van der Waals surface area (Å²) < 4.78 is 45.4. The minimum absolute atomic E-state index is 0.0162. The van der Waals surface area contributed by atoms with Gasteiger partial charge in [0, 0.05) is 59.2 Å². The molecule has 11 heteroatoms. The average molecular weight is 546 g/mol. The van der Waals surface area contributed by atoms with E-state index in [0.29, 0.717) is 54.1 Å². The van der Waals surface area contributed by atoms with Gasteiger partial charge >= 0.3 is 0 Å². The molecule has 1 saturated carbocycles. The highest BCUT2D eigenvalue weighted by atomic mass is 35.5. The molecule has 1 saturated heterocycles. The first-order valence-corrected chi connectivity index (χ1v) is 15.1. The molecule has 37 heavy (non-hydrogen) atoms. The molecule has 3 aliphatic rings. The van der Waals surface area contributed by atoms with Gasteiger partial charge in [-0.15, -0.1) is 0 Å². The van der Waals surface area contributed by atoms with E-state index >= 15 is 0 Å². The Morgan fingerprint density at radius 1 is 1.03 bits per heavy atom. The first-order valence-electron chi connectivity index (χ1n) is 12.1. The second kappa shape index (κ2) is 8.65. The highest BCUT2D eigenvalue weighted by Gasteiger charge is 2.61. The first-order chi connectivity index (χ1) is 17.5. The lowest BCUT2D eigenvalue weighted by Gasteiger charge is -2.59. The third-order valence-corrected chi connectivity index (χ3v) is 9.11. The van der Waals surface area contributed by atoms with E-state index in [1.807, 2.05) is 36.4 Å². The monoisotopic (exact) mass is 545 g/mol. The Morgan fingerprint density at radius 3 is 2.49 bits per heavy atom. The molecule has 3 aromatic rings. The third kappa shape index (κ3) is 4.58. The van der Waals surface area contributed by atoms with Gasteiger partial charge in [-0.2, -0.15) is 4.98 Å². The smallest absolute Gasteiger partial charge is 0.249 e. The number of para-hydroxylation sites is 1. The number of anilines is 5. The van der Waals surface area contributed by atoms with Crippen LogP contribution in [0, 0.1) is 5.41 Å². The lowest BCUT2D eigenvalue weighted by Crippen LogP contribution is -2.66. The van der Waals surface area contributed by atoms with Crippen LogP contribution >= 0.6 is 18.7 Å². The van der Waals surface area contributed by atoms with Gasteiger partial charge < -0.3 is 24.8 Å². The van der Waals surface area contributed by atoms with Crippen LogP contribution in [0.1, 0.15) is 24.0 Å². The molecule has 7 nitrogen and oxygen atoms in total. The fraction of sp³-hybridized carbons (Fsp3) is 0.385. The summed E-state index contributed by atoms with van der Waals surface area (Å²) in [5.41, 5.74) is 4.37. The Labute approximate surface area is 219 Å². The van der Waals surface area contributed by atoms with E-state index in [-0.39, 0.29) is 18.3 Å². The van der Waals surface area contributed by atoms with Crippen LogP contribution in [0.4, 0.5) is 37.6 Å². The van der Waals surface area contributed by atoms with E-state index in [9.17, 15) is 13.3 Å². The van der Waals surface area contributed by atoms with Crippen LogP contribution in [-0.2, 0) is 22.5 Å². The van der Waals surface area contributed by atoms with E-state index in [4.69, 9.17) is 16.3 Å². The number of hydrogen-bond donors (Lipinski definition) is 2. The molecule has 6 rings (SSSR count). The Bertz CT molecular complexity index is 1430. The van der Waals surface area contributed by atoms with E-state index in [1.165, 1.54) is 6.20 Å². The van der Waals surface area contributed by atoms with E-state index in [0.717, 1.165) is 22.5 Å². The number of halogens is 3. The molecule has 2 aromatic carbocycles. The van der Waals surface area contributed by atoms with Crippen molar-refractivity contribution in [2.24, 2.45) is 5.41 Å². The van der Waals surface area contributed by atoms with Gasteiger partial charge in [-0.1, -0.05) is 23.7 Å². The van der Waals surface area contributed by atoms with Gasteiger partial charge in [0.15, 0.2) is 5.82 Å². The average Bonchev–Trinajstić information content (AvgIpc) is 3.28. The predicted octanol–water partition coefficient (Wildman–Crippen LogP) is 6.13. The van der Waals surface area contributed by atoms with Crippen molar-refractivity contribution < 1.29 is 18.1 Å². The normalized spacial score (nSPS) is 19.2. The minimum Gasteiger partial charge on any atom is -0.372 e. The van der Waals surface area contributed by atoms with Crippen molar-refractivity contribution in [3.8, 4) is 0 Å². The number of fused-ring (bicyclic) bond motifs is 1. The zero-order chi connectivity index (χ0) is 26.0. The van der Waals surface area contributed by atoms with Crippen LogP contribution in [0.5, 0.6) is 0 Å². The van der Waals surface area contributed by atoms with Crippen molar-refractivity contribution >= 4 is 52.9 Å². The van der Waals surface area contributed by atoms with Gasteiger partial charge in [0.05, 0.1) is 25.1 Å². The fourth-order valence-corrected chi connectivity index (χ4v) is 6.98. The molecule has 1 aliphatic carbocycles. The summed E-state index contributed by atoms with van der Waals surface area (Å²) in [4.78, 5) is 11.1. The largest absolute Gasteiger partial charge is 0.372 e. The van der Waals surface area contributed by atoms with Gasteiger partial charge in [0.2, 0.25) is 11.9 Å². The molecule has 2 N–H and O–H groups in total. The number of rotatable bonds is 6. The molecule has 194 valence electrons. The molecule has 2 aliphatic heterocycles. The highest BCUT2D eigenvalue weighted by Crippen LogP contribution is 2.58. The number of aromatic nitrogens is 2. The lowest BCUT2D eigenvalue weighted by molar-refractivity contribution is -0.170. The summed E-state index contributed by atoms with van der Waals surface area (Å²) >= 11 is 6.39. The van der Waals surface area contributed by atoms with Crippen molar-refractivity contribution in [1.82, 2.24) is 9.97 Å². The quantitative estimate of drug-likeness (QED) is 0.361. The molecule has 3 heterocycles. The van der Waals surface area contributed by atoms with Crippen molar-refractivity contribution in [2.45, 2.75) is 32.0 Å². The summed E-state index contributed by atoms with van der Waals surface area (Å²) in [5, 5.41) is 7.53. The summed E-state index contributed by atoms with van der Waals surface area (Å²) in [7, 11) is -2.53. The van der Waals surface area contributed by atoms with Crippen LogP contribution in [-0.4, -0.2) is 42.3 Å². The van der Waals surface area contributed by atoms with Gasteiger partial charge in [-0.05, 0) is 37.6 Å². The lowest BCUT2D eigenvalue weighted by atomic mass is 9.61. The maximum Gasteiger partial charge on any atom is 0.249 e. The Hall–Kier alpha value is -2.74. The summed E-state index contributed by atoms with van der Waals surface area (Å²) in [6.07, 6.45) is 1.48. The maximum atomic E-state index is 13.4. The van der Waals surface area contributed by atoms with Crippen molar-refractivity contribution in [3.63, 3.8) is 0 Å². The SMILES string of the molecule is CP(C)(=O)c1ccccc1Nc1nc(Nc2ccc(N3CC4(C3)CC(F)(F)C4)c3c2COC3)ncc1Cl. The number of nitrogens with one attached hydrogen (secondary N) is 2. The molecule has 2 fully saturated rings. The van der Waals surface area contributed by atoms with Crippen molar-refractivity contribution in [1.29, 1.82) is 0 Å². The van der Waals surface area contributed by atoms with Gasteiger partial charge in [-0.25, -0.2) is 13.8 Å². The van der Waals surface area contributed by atoms with E-state index in [2.05, 4.69) is 25.5 Å². The zero-order valence-electron chi connectivity index (χ0n) is 20.5. The van der Waals surface area contributed by atoms with Gasteiger partial charge in [-0.3, -0.25) is 0 Å². The Kier molecular flexibility index (Phi) is 5.75. The number of ether oxygens (including phenoxy) is 1. The number of hydrogen-bond acceptors (Lipinski definition) is 7. The maximum absolute atomic E-state index is 13.4. The summed E-state index contributed by atoms with van der Waals surface area (Å²) in [6.45, 7) is 5.66. The molecule has 0 bridgehead atoms. The minimum atomic E-state index is -2.53. The van der Waals surface area contributed by atoms with Crippen LogP contribution in [0.3, 0.4) is 0 Å². The zero-order valence-corrected chi connectivity index (χ0v) is 22.2. The molecule has 0 radical (unpaired) electrons. The van der Waals surface area contributed by atoms with Crippen LogP contribution in [0.25, 0.3) is 0 Å². The topological polar surface area (TPSA) is 79.4 Å². The van der Waals surface area contributed by atoms with Crippen LogP contribution < -0.4 is 20.8 Å². The molecule has 1 spiro atoms.